The predicted molar refractivity (Wildman–Crippen MR) is 77.0 cm³/mol. The van der Waals surface area contributed by atoms with Crippen LogP contribution in [0.4, 0.5) is 0 Å². The second kappa shape index (κ2) is 6.74. The number of benzene rings is 1. The lowest BCUT2D eigenvalue weighted by molar-refractivity contribution is 0.0600. The van der Waals surface area contributed by atoms with Crippen LogP contribution >= 0.6 is 11.6 Å². The first-order valence-electron chi connectivity index (χ1n) is 6.43. The van der Waals surface area contributed by atoms with Crippen LogP contribution in [-0.2, 0) is 19.5 Å². The number of nitrogens with one attached hydrogen (secondary N) is 1. The van der Waals surface area contributed by atoms with Crippen LogP contribution < -0.4 is 4.72 Å². The summed E-state index contributed by atoms with van der Waals surface area (Å²) < 4.78 is 36.8. The van der Waals surface area contributed by atoms with Gasteiger partial charge in [-0.25, -0.2) is 17.9 Å². The zero-order valence-corrected chi connectivity index (χ0v) is 13.0. The second-order valence-electron chi connectivity index (χ2n) is 4.62. The van der Waals surface area contributed by atoms with Gasteiger partial charge in [-0.2, -0.15) is 0 Å². The SMILES string of the molecule is COC(=O)c1cc(S(=O)(=O)NCC2CCCO2)ccc1Cl. The molecule has 0 amide bonds. The first-order valence-corrected chi connectivity index (χ1v) is 8.29. The third kappa shape index (κ3) is 3.94. The van der Waals surface area contributed by atoms with Gasteiger partial charge in [0.25, 0.3) is 0 Å². The molecule has 116 valence electrons. The van der Waals surface area contributed by atoms with Crippen LogP contribution in [0, 0.1) is 0 Å². The van der Waals surface area contributed by atoms with E-state index in [1.807, 2.05) is 0 Å². The van der Waals surface area contributed by atoms with E-state index in [9.17, 15) is 13.2 Å². The number of carbonyl (C=O) groups excluding carboxylic acids is 1. The highest BCUT2D eigenvalue weighted by atomic mass is 35.5. The summed E-state index contributed by atoms with van der Waals surface area (Å²) in [5, 5.41) is 0.139. The minimum Gasteiger partial charge on any atom is -0.465 e. The van der Waals surface area contributed by atoms with Crippen molar-refractivity contribution in [2.45, 2.75) is 23.8 Å². The van der Waals surface area contributed by atoms with Crippen LogP contribution in [-0.4, -0.2) is 40.8 Å². The monoisotopic (exact) mass is 333 g/mol. The van der Waals surface area contributed by atoms with E-state index < -0.39 is 16.0 Å². The van der Waals surface area contributed by atoms with E-state index in [2.05, 4.69) is 9.46 Å². The molecule has 1 atom stereocenters. The average Bonchev–Trinajstić information content (AvgIpc) is 2.98. The molecule has 0 bridgehead atoms. The van der Waals surface area contributed by atoms with Gasteiger partial charge in [0, 0.05) is 13.2 Å². The van der Waals surface area contributed by atoms with Crippen molar-refractivity contribution >= 4 is 27.6 Å². The van der Waals surface area contributed by atoms with Gasteiger partial charge in [0.2, 0.25) is 10.0 Å². The molecular formula is C13H16ClNO5S. The highest BCUT2D eigenvalue weighted by Crippen LogP contribution is 2.21. The first-order chi connectivity index (χ1) is 9.94. The van der Waals surface area contributed by atoms with Crippen molar-refractivity contribution in [1.29, 1.82) is 0 Å². The molecule has 1 saturated heterocycles. The Morgan fingerprint density at radius 2 is 2.29 bits per heavy atom. The maximum atomic E-state index is 12.2. The molecule has 0 spiro atoms. The van der Waals surface area contributed by atoms with E-state index in [0.717, 1.165) is 12.8 Å². The largest absolute Gasteiger partial charge is 0.465 e. The van der Waals surface area contributed by atoms with Gasteiger partial charge >= 0.3 is 5.97 Å². The van der Waals surface area contributed by atoms with Crippen molar-refractivity contribution in [1.82, 2.24) is 4.72 Å². The lowest BCUT2D eigenvalue weighted by atomic mass is 10.2. The van der Waals surface area contributed by atoms with Gasteiger partial charge in [-0.05, 0) is 31.0 Å². The number of halogens is 1. The van der Waals surface area contributed by atoms with Gasteiger partial charge in [-0.15, -0.1) is 0 Å². The molecule has 1 unspecified atom stereocenters. The summed E-state index contributed by atoms with van der Waals surface area (Å²) in [7, 11) is -2.52. The quantitative estimate of drug-likeness (QED) is 0.827. The number of hydrogen-bond donors (Lipinski definition) is 1. The van der Waals surface area contributed by atoms with E-state index >= 15 is 0 Å². The molecule has 1 heterocycles. The molecule has 2 rings (SSSR count). The zero-order valence-electron chi connectivity index (χ0n) is 11.5. The molecule has 1 aromatic carbocycles. The van der Waals surface area contributed by atoms with Gasteiger partial charge in [0.05, 0.1) is 28.7 Å². The van der Waals surface area contributed by atoms with Crippen LogP contribution in [0.15, 0.2) is 23.1 Å². The first kappa shape index (κ1) is 16.2. The Morgan fingerprint density at radius 1 is 1.52 bits per heavy atom. The van der Waals surface area contributed by atoms with E-state index in [4.69, 9.17) is 16.3 Å². The molecule has 1 aromatic rings. The van der Waals surface area contributed by atoms with Gasteiger partial charge in [0.15, 0.2) is 0 Å². The van der Waals surface area contributed by atoms with Crippen LogP contribution in [0.5, 0.6) is 0 Å². The zero-order chi connectivity index (χ0) is 15.5. The molecular weight excluding hydrogens is 318 g/mol. The molecule has 0 aromatic heterocycles. The van der Waals surface area contributed by atoms with Crippen molar-refractivity contribution < 1.29 is 22.7 Å². The van der Waals surface area contributed by atoms with E-state index in [0.29, 0.717) is 6.61 Å². The number of esters is 1. The maximum absolute atomic E-state index is 12.2. The fourth-order valence-electron chi connectivity index (χ4n) is 2.03. The highest BCUT2D eigenvalue weighted by Gasteiger charge is 2.22. The van der Waals surface area contributed by atoms with Crippen molar-refractivity contribution in [3.05, 3.63) is 28.8 Å². The number of ether oxygens (including phenoxy) is 2. The smallest absolute Gasteiger partial charge is 0.339 e. The molecule has 1 fully saturated rings. The Kier molecular flexibility index (Phi) is 5.21. The minimum absolute atomic E-state index is 0.0131. The Hall–Kier alpha value is -1.15. The number of methoxy groups -OCH3 is 1. The lowest BCUT2D eigenvalue weighted by Crippen LogP contribution is -2.31. The number of hydrogen-bond acceptors (Lipinski definition) is 5. The third-order valence-electron chi connectivity index (χ3n) is 3.18. The fraction of sp³-hybridized carbons (Fsp3) is 0.462. The average molecular weight is 334 g/mol. The van der Waals surface area contributed by atoms with Crippen molar-refractivity contribution in [3.63, 3.8) is 0 Å². The Labute approximate surface area is 128 Å². The Bertz CT molecular complexity index is 625. The number of sulfonamides is 1. The summed E-state index contributed by atoms with van der Waals surface area (Å²) in [5.74, 6) is -0.684. The van der Waals surface area contributed by atoms with E-state index in [1.165, 1.54) is 25.3 Å². The van der Waals surface area contributed by atoms with Crippen LogP contribution in [0.2, 0.25) is 5.02 Å². The molecule has 21 heavy (non-hydrogen) atoms. The van der Waals surface area contributed by atoms with Gasteiger partial charge in [-0.3, -0.25) is 0 Å². The molecule has 8 heteroatoms. The molecule has 1 aliphatic rings. The summed E-state index contributed by atoms with van der Waals surface area (Å²) in [6.45, 7) is 0.859. The van der Waals surface area contributed by atoms with Crippen molar-refractivity contribution in [2.75, 3.05) is 20.3 Å². The molecule has 6 nitrogen and oxygen atoms in total. The van der Waals surface area contributed by atoms with Crippen LogP contribution in [0.1, 0.15) is 23.2 Å². The van der Waals surface area contributed by atoms with E-state index in [-0.39, 0.29) is 28.1 Å². The molecule has 0 radical (unpaired) electrons. The summed E-state index contributed by atoms with van der Waals surface area (Å²) in [6, 6.07) is 3.90. The standard InChI is InChI=1S/C13H16ClNO5S/c1-19-13(16)11-7-10(4-5-12(11)14)21(17,18)15-8-9-3-2-6-20-9/h4-5,7,9,15H,2-3,6,8H2,1H3. The minimum atomic E-state index is -3.73. The van der Waals surface area contributed by atoms with Gasteiger partial charge in [0.1, 0.15) is 0 Å². The second-order valence-corrected chi connectivity index (χ2v) is 6.79. The molecule has 0 saturated carbocycles. The Morgan fingerprint density at radius 3 is 2.90 bits per heavy atom. The predicted octanol–water partition coefficient (Wildman–Crippen LogP) is 1.58. The summed E-state index contributed by atoms with van der Waals surface area (Å²) >= 11 is 5.86. The van der Waals surface area contributed by atoms with Gasteiger partial charge in [-0.1, -0.05) is 11.6 Å². The van der Waals surface area contributed by atoms with E-state index in [1.54, 1.807) is 0 Å². The third-order valence-corrected chi connectivity index (χ3v) is 4.93. The van der Waals surface area contributed by atoms with Crippen LogP contribution in [0.25, 0.3) is 0 Å². The molecule has 1 aliphatic heterocycles. The summed E-state index contributed by atoms with van der Waals surface area (Å²) in [6.07, 6.45) is 1.66. The number of rotatable bonds is 5. The van der Waals surface area contributed by atoms with Crippen molar-refractivity contribution in [2.24, 2.45) is 0 Å². The van der Waals surface area contributed by atoms with Crippen molar-refractivity contribution in [3.8, 4) is 0 Å². The highest BCUT2D eigenvalue weighted by molar-refractivity contribution is 7.89. The number of carbonyl (C=O) groups is 1. The summed E-state index contributed by atoms with van der Waals surface area (Å²) in [5.41, 5.74) is 0.0131. The molecule has 0 aliphatic carbocycles. The topological polar surface area (TPSA) is 81.7 Å². The maximum Gasteiger partial charge on any atom is 0.339 e. The van der Waals surface area contributed by atoms with Gasteiger partial charge < -0.3 is 9.47 Å². The van der Waals surface area contributed by atoms with Crippen LogP contribution in [0.3, 0.4) is 0 Å². The Balaban J connectivity index is 2.17. The molecule has 1 N–H and O–H groups in total. The lowest BCUT2D eigenvalue weighted by Gasteiger charge is -2.12. The fourth-order valence-corrected chi connectivity index (χ4v) is 3.32. The summed E-state index contributed by atoms with van der Waals surface area (Å²) in [4.78, 5) is 11.5. The normalized spacial score (nSPS) is 18.7.